The maximum Gasteiger partial charge on any atom is 0.326 e. The third-order valence-electron chi connectivity index (χ3n) is 3.82. The second-order valence-electron chi connectivity index (χ2n) is 6.01. The van der Waals surface area contributed by atoms with Crippen molar-refractivity contribution in [2.45, 2.75) is 19.0 Å². The van der Waals surface area contributed by atoms with E-state index in [-0.39, 0.29) is 25.4 Å². The molecular formula is C20H23N3O4. The van der Waals surface area contributed by atoms with Gasteiger partial charge in [-0.2, -0.15) is 0 Å². The molecule has 0 aromatic heterocycles. The Morgan fingerprint density at radius 1 is 0.815 bits per heavy atom. The zero-order valence-corrected chi connectivity index (χ0v) is 14.9. The molecule has 0 unspecified atom stereocenters. The Morgan fingerprint density at radius 2 is 1.41 bits per heavy atom. The summed E-state index contributed by atoms with van der Waals surface area (Å²) in [5.41, 5.74) is 1.85. The number of rotatable bonds is 10. The zero-order valence-electron chi connectivity index (χ0n) is 14.9. The van der Waals surface area contributed by atoms with Gasteiger partial charge in [-0.15, -0.1) is 0 Å². The smallest absolute Gasteiger partial charge is 0.326 e. The predicted octanol–water partition coefficient (Wildman–Crippen LogP) is 0.705. The molecule has 0 heterocycles. The lowest BCUT2D eigenvalue weighted by molar-refractivity contribution is -0.141. The van der Waals surface area contributed by atoms with Gasteiger partial charge in [-0.05, 0) is 11.1 Å². The number of carboxylic acids is 1. The topological polar surface area (TPSA) is 108 Å². The molecule has 2 aromatic rings. The monoisotopic (exact) mass is 369 g/mol. The Hall–Kier alpha value is -3.19. The first kappa shape index (κ1) is 20.1. The molecule has 2 amide bonds. The molecule has 4 N–H and O–H groups in total. The summed E-state index contributed by atoms with van der Waals surface area (Å²) in [6, 6.07) is 17.6. The molecule has 2 aromatic carbocycles. The summed E-state index contributed by atoms with van der Waals surface area (Å²) in [7, 11) is 0. The first-order valence-corrected chi connectivity index (χ1v) is 8.62. The van der Waals surface area contributed by atoms with Crippen molar-refractivity contribution in [1.29, 1.82) is 0 Å². The fourth-order valence-corrected chi connectivity index (χ4v) is 2.45. The molecule has 1 atom stereocenters. The second kappa shape index (κ2) is 10.7. The van der Waals surface area contributed by atoms with Gasteiger partial charge in [-0.3, -0.25) is 9.59 Å². The summed E-state index contributed by atoms with van der Waals surface area (Å²) < 4.78 is 0. The molecule has 0 aliphatic rings. The molecule has 0 fully saturated rings. The SMILES string of the molecule is O=C(CNCc1ccccc1)NCC(=O)N[C@H](Cc1ccccc1)C(=O)O. The van der Waals surface area contributed by atoms with Crippen molar-refractivity contribution >= 4 is 17.8 Å². The number of amides is 2. The number of aliphatic carboxylic acids is 1. The zero-order chi connectivity index (χ0) is 19.5. The van der Waals surface area contributed by atoms with Crippen LogP contribution in [0.3, 0.4) is 0 Å². The lowest BCUT2D eigenvalue weighted by Gasteiger charge is -2.15. The quantitative estimate of drug-likeness (QED) is 0.493. The molecule has 27 heavy (non-hydrogen) atoms. The third-order valence-corrected chi connectivity index (χ3v) is 3.82. The molecule has 0 spiro atoms. The van der Waals surface area contributed by atoms with E-state index in [9.17, 15) is 19.5 Å². The van der Waals surface area contributed by atoms with Crippen molar-refractivity contribution in [2.75, 3.05) is 13.1 Å². The third kappa shape index (κ3) is 7.70. The van der Waals surface area contributed by atoms with Crippen LogP contribution in [0.15, 0.2) is 60.7 Å². The van der Waals surface area contributed by atoms with E-state index in [0.717, 1.165) is 11.1 Å². The molecule has 7 nitrogen and oxygen atoms in total. The van der Waals surface area contributed by atoms with Gasteiger partial charge < -0.3 is 21.1 Å². The van der Waals surface area contributed by atoms with E-state index in [4.69, 9.17) is 0 Å². The van der Waals surface area contributed by atoms with Gasteiger partial charge in [0.2, 0.25) is 11.8 Å². The van der Waals surface area contributed by atoms with Crippen LogP contribution in [0.5, 0.6) is 0 Å². The fourth-order valence-electron chi connectivity index (χ4n) is 2.45. The number of carboxylic acid groups (broad SMARTS) is 1. The highest BCUT2D eigenvalue weighted by molar-refractivity contribution is 5.88. The van der Waals surface area contributed by atoms with Crippen molar-refractivity contribution in [3.63, 3.8) is 0 Å². The van der Waals surface area contributed by atoms with Crippen LogP contribution >= 0.6 is 0 Å². The number of nitrogens with one attached hydrogen (secondary N) is 3. The lowest BCUT2D eigenvalue weighted by Crippen LogP contribution is -2.47. The summed E-state index contributed by atoms with van der Waals surface area (Å²) in [5.74, 6) is -2.01. The van der Waals surface area contributed by atoms with Crippen molar-refractivity contribution in [2.24, 2.45) is 0 Å². The van der Waals surface area contributed by atoms with Crippen molar-refractivity contribution in [1.82, 2.24) is 16.0 Å². The normalized spacial score (nSPS) is 11.4. The van der Waals surface area contributed by atoms with E-state index in [1.807, 2.05) is 36.4 Å². The standard InChI is InChI=1S/C20H23N3O4/c24-18(13-21-12-16-9-5-2-6-10-16)22-14-19(25)23-17(20(26)27)11-15-7-3-1-4-8-15/h1-10,17,21H,11-14H2,(H,22,24)(H,23,25)(H,26,27)/t17-/m1/s1. The van der Waals surface area contributed by atoms with E-state index in [1.54, 1.807) is 24.3 Å². The van der Waals surface area contributed by atoms with Crippen LogP contribution in [0.2, 0.25) is 0 Å². The lowest BCUT2D eigenvalue weighted by atomic mass is 10.1. The first-order valence-electron chi connectivity index (χ1n) is 8.62. The average Bonchev–Trinajstić information content (AvgIpc) is 2.67. The molecule has 142 valence electrons. The molecule has 0 saturated carbocycles. The highest BCUT2D eigenvalue weighted by atomic mass is 16.4. The van der Waals surface area contributed by atoms with Crippen molar-refractivity contribution < 1.29 is 19.5 Å². The van der Waals surface area contributed by atoms with Crippen LogP contribution in [0.1, 0.15) is 11.1 Å². The Labute approximate surface area is 157 Å². The predicted molar refractivity (Wildman–Crippen MR) is 101 cm³/mol. The highest BCUT2D eigenvalue weighted by Gasteiger charge is 2.20. The van der Waals surface area contributed by atoms with Gasteiger partial charge in [-0.25, -0.2) is 4.79 Å². The molecule has 0 aliphatic heterocycles. The Morgan fingerprint density at radius 3 is 2.00 bits per heavy atom. The number of carbonyl (C=O) groups excluding carboxylic acids is 2. The van der Waals surface area contributed by atoms with E-state index < -0.39 is 17.9 Å². The maximum atomic E-state index is 11.9. The van der Waals surface area contributed by atoms with Crippen molar-refractivity contribution in [3.05, 3.63) is 71.8 Å². The van der Waals surface area contributed by atoms with Crippen molar-refractivity contribution in [3.8, 4) is 0 Å². The summed E-state index contributed by atoms with van der Waals surface area (Å²) >= 11 is 0. The molecule has 0 saturated heterocycles. The fraction of sp³-hybridized carbons (Fsp3) is 0.250. The maximum absolute atomic E-state index is 11.9. The molecule has 2 rings (SSSR count). The van der Waals surface area contributed by atoms with E-state index in [1.165, 1.54) is 0 Å². The van der Waals surface area contributed by atoms with Gasteiger partial charge >= 0.3 is 5.97 Å². The second-order valence-corrected chi connectivity index (χ2v) is 6.01. The number of hydrogen-bond donors (Lipinski definition) is 4. The number of carbonyl (C=O) groups is 3. The van der Waals surface area contributed by atoms with Gasteiger partial charge in [-0.1, -0.05) is 60.7 Å². The van der Waals surface area contributed by atoms with Gasteiger partial charge in [0, 0.05) is 13.0 Å². The van der Waals surface area contributed by atoms with Crippen LogP contribution in [-0.4, -0.2) is 42.0 Å². The first-order chi connectivity index (χ1) is 13.0. The van der Waals surface area contributed by atoms with Crippen LogP contribution in [0.25, 0.3) is 0 Å². The van der Waals surface area contributed by atoms with Crippen LogP contribution in [0, 0.1) is 0 Å². The summed E-state index contributed by atoms with van der Waals surface area (Å²) in [4.78, 5) is 35.1. The minimum absolute atomic E-state index is 0.0640. The summed E-state index contributed by atoms with van der Waals surface area (Å²) in [5, 5.41) is 17.2. The molecule has 7 heteroatoms. The highest BCUT2D eigenvalue weighted by Crippen LogP contribution is 2.03. The molecular weight excluding hydrogens is 346 g/mol. The Kier molecular flexibility index (Phi) is 7.99. The van der Waals surface area contributed by atoms with Crippen LogP contribution in [-0.2, 0) is 27.3 Å². The molecule has 0 radical (unpaired) electrons. The minimum atomic E-state index is -1.12. The van der Waals surface area contributed by atoms with E-state index >= 15 is 0 Å². The Bertz CT molecular complexity index is 750. The number of hydrogen-bond acceptors (Lipinski definition) is 4. The van der Waals surface area contributed by atoms with Crippen LogP contribution < -0.4 is 16.0 Å². The molecule has 0 aliphatic carbocycles. The van der Waals surface area contributed by atoms with E-state index in [0.29, 0.717) is 6.54 Å². The minimum Gasteiger partial charge on any atom is -0.480 e. The van der Waals surface area contributed by atoms with Gasteiger partial charge in [0.05, 0.1) is 13.1 Å². The summed E-state index contributed by atoms with van der Waals surface area (Å²) in [6.07, 6.45) is 0.175. The van der Waals surface area contributed by atoms with Gasteiger partial charge in [0.25, 0.3) is 0 Å². The van der Waals surface area contributed by atoms with Gasteiger partial charge in [0.15, 0.2) is 0 Å². The van der Waals surface area contributed by atoms with Gasteiger partial charge in [0.1, 0.15) is 6.04 Å². The molecule has 0 bridgehead atoms. The summed E-state index contributed by atoms with van der Waals surface area (Å²) in [6.45, 7) is 0.331. The average molecular weight is 369 g/mol. The number of benzene rings is 2. The Balaban J connectivity index is 1.70. The van der Waals surface area contributed by atoms with Crippen LogP contribution in [0.4, 0.5) is 0 Å². The van der Waals surface area contributed by atoms with E-state index in [2.05, 4.69) is 16.0 Å². The largest absolute Gasteiger partial charge is 0.480 e.